The van der Waals surface area contributed by atoms with Crippen LogP contribution >= 0.6 is 0 Å². The van der Waals surface area contributed by atoms with Gasteiger partial charge in [-0.15, -0.1) is 0 Å². The molecule has 6 nitrogen and oxygen atoms in total. The Morgan fingerprint density at radius 3 is 2.81 bits per heavy atom. The highest BCUT2D eigenvalue weighted by atomic mass is 19.4. The van der Waals surface area contributed by atoms with Crippen LogP contribution in [0.4, 0.5) is 18.9 Å². The first-order valence-corrected chi connectivity index (χ1v) is 8.38. The Morgan fingerprint density at radius 2 is 2.04 bits per heavy atom. The standard InChI is InChI=1S/C18H15F3N4O2/c19-18(20,21)17-23-15(24-27-17)12-5-8-22-16(26)13(12)7-10-25-9-6-11-3-1-2-4-14(11)25/h1-5,8H,6-7,9-10H2,(H,22,26). The van der Waals surface area contributed by atoms with Crippen LogP contribution in [0.25, 0.3) is 11.4 Å². The molecule has 0 amide bonds. The lowest BCUT2D eigenvalue weighted by atomic mass is 10.1. The average Bonchev–Trinajstić information content (AvgIpc) is 3.28. The van der Waals surface area contributed by atoms with Gasteiger partial charge >= 0.3 is 12.1 Å². The van der Waals surface area contributed by atoms with Gasteiger partial charge in [0.05, 0.1) is 0 Å². The van der Waals surface area contributed by atoms with Gasteiger partial charge in [0.1, 0.15) is 0 Å². The third-order valence-electron chi connectivity index (χ3n) is 4.59. The van der Waals surface area contributed by atoms with Gasteiger partial charge in [-0.3, -0.25) is 4.79 Å². The second-order valence-corrected chi connectivity index (χ2v) is 6.24. The van der Waals surface area contributed by atoms with Gasteiger partial charge in [-0.05, 0) is 30.5 Å². The maximum absolute atomic E-state index is 12.7. The lowest BCUT2D eigenvalue weighted by molar-refractivity contribution is -0.159. The SMILES string of the molecule is O=c1[nH]ccc(-c2noc(C(F)(F)F)n2)c1CCN1CCc2ccccc21. The van der Waals surface area contributed by atoms with E-state index in [1.165, 1.54) is 17.8 Å². The molecule has 4 rings (SSSR count). The fourth-order valence-electron chi connectivity index (χ4n) is 3.30. The summed E-state index contributed by atoms with van der Waals surface area (Å²) in [6, 6.07) is 9.51. The van der Waals surface area contributed by atoms with Crippen LogP contribution < -0.4 is 10.5 Å². The van der Waals surface area contributed by atoms with Crippen molar-refractivity contribution in [2.75, 3.05) is 18.0 Å². The average molecular weight is 376 g/mol. The number of hydrogen-bond donors (Lipinski definition) is 1. The highest BCUT2D eigenvalue weighted by Crippen LogP contribution is 2.30. The van der Waals surface area contributed by atoms with Crippen LogP contribution in [0.15, 0.2) is 45.8 Å². The van der Waals surface area contributed by atoms with Crippen molar-refractivity contribution < 1.29 is 17.7 Å². The summed E-state index contributed by atoms with van der Waals surface area (Å²) in [4.78, 5) is 20.4. The van der Waals surface area contributed by atoms with Crippen molar-refractivity contribution in [3.05, 3.63) is 63.9 Å². The quantitative estimate of drug-likeness (QED) is 0.758. The van der Waals surface area contributed by atoms with Crippen LogP contribution in [0.2, 0.25) is 0 Å². The van der Waals surface area contributed by atoms with Crippen molar-refractivity contribution in [3.8, 4) is 11.4 Å². The summed E-state index contributed by atoms with van der Waals surface area (Å²) in [5, 5.41) is 3.40. The molecule has 1 aliphatic rings. The minimum Gasteiger partial charge on any atom is -0.371 e. The molecule has 0 unspecified atom stereocenters. The molecule has 0 radical (unpaired) electrons. The third-order valence-corrected chi connectivity index (χ3v) is 4.59. The zero-order valence-electron chi connectivity index (χ0n) is 14.1. The minimum atomic E-state index is -4.73. The number of halogens is 3. The molecular formula is C18H15F3N4O2. The van der Waals surface area contributed by atoms with E-state index in [1.807, 2.05) is 18.2 Å². The van der Waals surface area contributed by atoms with Crippen LogP contribution in [0.1, 0.15) is 17.0 Å². The zero-order chi connectivity index (χ0) is 19.0. The highest BCUT2D eigenvalue weighted by molar-refractivity contribution is 5.60. The van der Waals surface area contributed by atoms with Crippen LogP contribution in [0, 0.1) is 0 Å². The van der Waals surface area contributed by atoms with Crippen molar-refractivity contribution in [1.29, 1.82) is 0 Å². The lowest BCUT2D eigenvalue weighted by Gasteiger charge is -2.19. The fraction of sp³-hybridized carbons (Fsp3) is 0.278. The Kier molecular flexibility index (Phi) is 4.21. The molecule has 0 saturated heterocycles. The van der Waals surface area contributed by atoms with Crippen molar-refractivity contribution in [3.63, 3.8) is 0 Å². The Hall–Kier alpha value is -3.10. The first kappa shape index (κ1) is 17.3. The summed E-state index contributed by atoms with van der Waals surface area (Å²) in [6.07, 6.45) is -2.11. The number of pyridine rings is 1. The van der Waals surface area contributed by atoms with Gasteiger partial charge in [-0.1, -0.05) is 23.4 Å². The van der Waals surface area contributed by atoms with Gasteiger partial charge in [0.25, 0.3) is 5.56 Å². The van der Waals surface area contributed by atoms with E-state index < -0.39 is 12.1 Å². The van der Waals surface area contributed by atoms with Crippen molar-refractivity contribution >= 4 is 5.69 Å². The molecule has 0 aliphatic carbocycles. The predicted molar refractivity (Wildman–Crippen MR) is 91.4 cm³/mol. The van der Waals surface area contributed by atoms with Gasteiger partial charge in [-0.25, -0.2) is 0 Å². The number of nitrogens with one attached hydrogen (secondary N) is 1. The van der Waals surface area contributed by atoms with Gasteiger partial charge in [0.15, 0.2) is 0 Å². The number of aromatic nitrogens is 3. The van der Waals surface area contributed by atoms with E-state index in [1.54, 1.807) is 0 Å². The van der Waals surface area contributed by atoms with E-state index >= 15 is 0 Å². The molecule has 0 fully saturated rings. The summed E-state index contributed by atoms with van der Waals surface area (Å²) in [6.45, 7) is 1.39. The minimum absolute atomic E-state index is 0.241. The number of rotatable bonds is 4. The normalized spacial score (nSPS) is 13.8. The number of benzene rings is 1. The molecule has 1 aromatic carbocycles. The number of H-pyrrole nitrogens is 1. The second kappa shape index (κ2) is 6.57. The summed E-state index contributed by atoms with van der Waals surface area (Å²) in [5.41, 5.74) is 2.55. The molecule has 1 aliphatic heterocycles. The van der Waals surface area contributed by atoms with E-state index in [2.05, 4.69) is 30.6 Å². The topological polar surface area (TPSA) is 75.0 Å². The molecule has 27 heavy (non-hydrogen) atoms. The second-order valence-electron chi connectivity index (χ2n) is 6.24. The number of fused-ring (bicyclic) bond motifs is 1. The van der Waals surface area contributed by atoms with Crippen LogP contribution in [-0.4, -0.2) is 28.2 Å². The van der Waals surface area contributed by atoms with Gasteiger partial charge in [0.2, 0.25) is 5.82 Å². The van der Waals surface area contributed by atoms with Gasteiger partial charge in [0, 0.05) is 36.1 Å². The van der Waals surface area contributed by atoms with E-state index in [4.69, 9.17) is 0 Å². The maximum Gasteiger partial charge on any atom is 0.471 e. The summed E-state index contributed by atoms with van der Waals surface area (Å²) in [5.74, 6) is -1.68. The Bertz CT molecular complexity index is 1030. The molecule has 2 aromatic heterocycles. The number of hydrogen-bond acceptors (Lipinski definition) is 5. The number of para-hydroxylation sites is 1. The summed E-state index contributed by atoms with van der Waals surface area (Å²) in [7, 11) is 0. The Balaban J connectivity index is 1.61. The molecule has 0 saturated carbocycles. The largest absolute Gasteiger partial charge is 0.471 e. The molecule has 140 valence electrons. The van der Waals surface area contributed by atoms with Crippen LogP contribution in [0.3, 0.4) is 0 Å². The van der Waals surface area contributed by atoms with E-state index in [-0.39, 0.29) is 16.9 Å². The smallest absolute Gasteiger partial charge is 0.371 e. The van der Waals surface area contributed by atoms with Gasteiger partial charge in [-0.2, -0.15) is 18.2 Å². The first-order chi connectivity index (χ1) is 12.9. The van der Waals surface area contributed by atoms with Crippen molar-refractivity contribution in [2.45, 2.75) is 19.0 Å². The molecule has 1 N–H and O–H groups in total. The summed E-state index contributed by atoms with van der Waals surface area (Å²) >= 11 is 0. The number of anilines is 1. The van der Waals surface area contributed by atoms with E-state index in [9.17, 15) is 18.0 Å². The van der Waals surface area contributed by atoms with E-state index in [0.717, 1.165) is 18.7 Å². The monoisotopic (exact) mass is 376 g/mol. The van der Waals surface area contributed by atoms with Crippen molar-refractivity contribution in [1.82, 2.24) is 15.1 Å². The third kappa shape index (κ3) is 3.32. The maximum atomic E-state index is 12.7. The molecule has 9 heteroatoms. The van der Waals surface area contributed by atoms with Gasteiger partial charge < -0.3 is 14.4 Å². The van der Waals surface area contributed by atoms with Crippen LogP contribution in [0.5, 0.6) is 0 Å². The molecule has 3 aromatic rings. The summed E-state index contributed by atoms with van der Waals surface area (Å²) < 4.78 is 42.5. The molecule has 3 heterocycles. The number of aromatic amines is 1. The highest BCUT2D eigenvalue weighted by Gasteiger charge is 2.38. The number of nitrogens with zero attached hydrogens (tertiary/aromatic N) is 3. The molecule has 0 spiro atoms. The zero-order valence-corrected chi connectivity index (χ0v) is 14.1. The fourth-order valence-corrected chi connectivity index (χ4v) is 3.30. The first-order valence-electron chi connectivity index (χ1n) is 8.38. The molecule has 0 atom stereocenters. The predicted octanol–water partition coefficient (Wildman–Crippen LogP) is 3.05. The van der Waals surface area contributed by atoms with Crippen LogP contribution in [-0.2, 0) is 19.0 Å². The molecule has 0 bridgehead atoms. The van der Waals surface area contributed by atoms with E-state index in [0.29, 0.717) is 18.5 Å². The van der Waals surface area contributed by atoms with Crippen molar-refractivity contribution in [2.24, 2.45) is 0 Å². The number of alkyl halides is 3. The Labute approximate surface area is 151 Å². The lowest BCUT2D eigenvalue weighted by Crippen LogP contribution is -2.26. The molecular weight excluding hydrogens is 361 g/mol. The Morgan fingerprint density at radius 1 is 1.22 bits per heavy atom.